The lowest BCUT2D eigenvalue weighted by molar-refractivity contribution is 0.306. The first-order valence-electron chi connectivity index (χ1n) is 8.23. The molecule has 134 valence electrons. The van der Waals surface area contributed by atoms with Crippen LogP contribution in [0.15, 0.2) is 54.6 Å². The van der Waals surface area contributed by atoms with Crippen LogP contribution in [0.2, 0.25) is 0 Å². The summed E-state index contributed by atoms with van der Waals surface area (Å²) < 4.78 is 5.79. The van der Waals surface area contributed by atoms with E-state index in [1.54, 1.807) is 0 Å². The highest BCUT2D eigenvalue weighted by molar-refractivity contribution is 5.87. The molecule has 8 heteroatoms. The largest absolute Gasteiger partial charge is 0.489 e. The summed E-state index contributed by atoms with van der Waals surface area (Å²) in [7, 11) is 0. The summed E-state index contributed by atoms with van der Waals surface area (Å²) in [6.45, 7) is 0.493. The molecule has 0 aliphatic heterocycles. The number of nitrogens with zero attached hydrogens (tertiary/aromatic N) is 4. The fourth-order valence-corrected chi connectivity index (χ4v) is 2.66. The minimum atomic E-state index is 0.0290. The Kier molecular flexibility index (Phi) is 4.13. The number of benzene rings is 2. The predicted octanol–water partition coefficient (Wildman–Crippen LogP) is 2.41. The Bertz CT molecular complexity index is 1100. The zero-order valence-corrected chi connectivity index (χ0v) is 14.3. The maximum atomic E-state index is 6.04. The molecule has 2 heterocycles. The van der Waals surface area contributed by atoms with Gasteiger partial charge < -0.3 is 21.9 Å². The van der Waals surface area contributed by atoms with Gasteiger partial charge in [0.1, 0.15) is 18.1 Å². The van der Waals surface area contributed by atoms with Crippen LogP contribution >= 0.6 is 0 Å². The molecule has 0 radical (unpaired) electrons. The molecule has 2 aromatic carbocycles. The van der Waals surface area contributed by atoms with Crippen LogP contribution in [0.25, 0.3) is 22.4 Å². The molecule has 0 aliphatic carbocycles. The average Bonchev–Trinajstić information content (AvgIpc) is 2.67. The molecule has 0 aliphatic rings. The fourth-order valence-electron chi connectivity index (χ4n) is 2.66. The maximum absolute atomic E-state index is 6.04. The molecule has 0 amide bonds. The van der Waals surface area contributed by atoms with Crippen LogP contribution in [0.4, 0.5) is 17.6 Å². The highest BCUT2D eigenvalue weighted by Gasteiger charge is 2.13. The molecule has 6 N–H and O–H groups in total. The Hall–Kier alpha value is -3.94. The number of ether oxygens (including phenoxy) is 1. The second-order valence-corrected chi connectivity index (χ2v) is 5.90. The first-order chi connectivity index (χ1) is 13.1. The van der Waals surface area contributed by atoms with Gasteiger partial charge in [0.2, 0.25) is 5.95 Å². The van der Waals surface area contributed by atoms with Crippen LogP contribution in [0.1, 0.15) is 5.56 Å². The lowest BCUT2D eigenvalue weighted by Gasteiger charge is -2.09. The van der Waals surface area contributed by atoms with Gasteiger partial charge in [0.15, 0.2) is 22.8 Å². The van der Waals surface area contributed by atoms with E-state index in [9.17, 15) is 0 Å². The lowest BCUT2D eigenvalue weighted by Crippen LogP contribution is -2.06. The lowest BCUT2D eigenvalue weighted by atomic mass is 10.1. The molecular weight excluding hydrogens is 342 g/mol. The van der Waals surface area contributed by atoms with Crippen molar-refractivity contribution in [3.05, 3.63) is 60.2 Å². The van der Waals surface area contributed by atoms with Gasteiger partial charge in [0.25, 0.3) is 0 Å². The number of nitrogen functional groups attached to an aromatic ring is 3. The van der Waals surface area contributed by atoms with Crippen molar-refractivity contribution in [3.8, 4) is 17.0 Å². The van der Waals surface area contributed by atoms with E-state index in [4.69, 9.17) is 21.9 Å². The van der Waals surface area contributed by atoms with Crippen molar-refractivity contribution in [2.24, 2.45) is 0 Å². The number of fused-ring (bicyclic) bond motifs is 1. The zero-order chi connectivity index (χ0) is 18.8. The molecule has 27 heavy (non-hydrogen) atoms. The third-order valence-corrected chi connectivity index (χ3v) is 3.98. The van der Waals surface area contributed by atoms with Gasteiger partial charge >= 0.3 is 0 Å². The molecule has 0 unspecified atom stereocenters. The van der Waals surface area contributed by atoms with Crippen LogP contribution in [-0.2, 0) is 6.61 Å². The summed E-state index contributed by atoms with van der Waals surface area (Å²) in [6, 6.07) is 17.4. The SMILES string of the molecule is Nc1nc(N)c2nc(-c3ccc(OCc4ccccc4)cc3)c(N)nc2n1. The standard InChI is InChI=1S/C19H17N7O/c20-16-14(23-15-17(21)25-19(22)26-18(15)24-16)12-6-8-13(9-7-12)27-10-11-4-2-1-3-5-11/h1-9H,10H2,(H6,20,21,22,24,25,26). The van der Waals surface area contributed by atoms with Crippen molar-refractivity contribution in [2.45, 2.75) is 6.61 Å². The van der Waals surface area contributed by atoms with E-state index in [2.05, 4.69) is 19.9 Å². The third-order valence-electron chi connectivity index (χ3n) is 3.98. The van der Waals surface area contributed by atoms with E-state index in [0.29, 0.717) is 17.8 Å². The second kappa shape index (κ2) is 6.75. The van der Waals surface area contributed by atoms with Gasteiger partial charge in [-0.1, -0.05) is 30.3 Å². The molecule has 8 nitrogen and oxygen atoms in total. The van der Waals surface area contributed by atoms with Crippen molar-refractivity contribution in [2.75, 3.05) is 17.2 Å². The van der Waals surface area contributed by atoms with Gasteiger partial charge in [-0.15, -0.1) is 0 Å². The molecule has 0 saturated heterocycles. The minimum Gasteiger partial charge on any atom is -0.489 e. The van der Waals surface area contributed by atoms with E-state index in [0.717, 1.165) is 16.9 Å². The Balaban J connectivity index is 1.61. The Labute approximate surface area is 155 Å². The first-order valence-corrected chi connectivity index (χ1v) is 8.23. The average molecular weight is 359 g/mol. The van der Waals surface area contributed by atoms with Crippen molar-refractivity contribution in [1.29, 1.82) is 0 Å². The zero-order valence-electron chi connectivity index (χ0n) is 14.3. The van der Waals surface area contributed by atoms with E-state index in [1.165, 1.54) is 0 Å². The van der Waals surface area contributed by atoms with Gasteiger partial charge in [-0.2, -0.15) is 9.97 Å². The number of aromatic nitrogens is 4. The normalized spacial score (nSPS) is 10.8. The van der Waals surface area contributed by atoms with Crippen LogP contribution < -0.4 is 21.9 Å². The molecule has 0 bridgehead atoms. The Morgan fingerprint density at radius 3 is 2.22 bits per heavy atom. The molecule has 0 atom stereocenters. The highest BCUT2D eigenvalue weighted by Crippen LogP contribution is 2.28. The number of nitrogens with two attached hydrogens (primary N) is 3. The summed E-state index contributed by atoms with van der Waals surface area (Å²) in [6.07, 6.45) is 0. The molecule has 2 aromatic heterocycles. The van der Waals surface area contributed by atoms with E-state index in [1.807, 2.05) is 54.6 Å². The minimum absolute atomic E-state index is 0.0290. The summed E-state index contributed by atoms with van der Waals surface area (Å²) in [5, 5.41) is 0. The maximum Gasteiger partial charge on any atom is 0.224 e. The van der Waals surface area contributed by atoms with Crippen LogP contribution in [0.3, 0.4) is 0 Å². The second-order valence-electron chi connectivity index (χ2n) is 5.90. The van der Waals surface area contributed by atoms with Gasteiger partial charge in [-0.05, 0) is 29.8 Å². The van der Waals surface area contributed by atoms with Gasteiger partial charge in [0, 0.05) is 5.56 Å². The molecular formula is C19H17N7O. The van der Waals surface area contributed by atoms with Gasteiger partial charge in [0.05, 0.1) is 0 Å². The Morgan fingerprint density at radius 1 is 0.741 bits per heavy atom. The molecule has 0 saturated carbocycles. The van der Waals surface area contributed by atoms with Gasteiger partial charge in [-0.25, -0.2) is 9.97 Å². The summed E-state index contributed by atoms with van der Waals surface area (Å²) >= 11 is 0. The molecule has 0 fully saturated rings. The van der Waals surface area contributed by atoms with Crippen molar-refractivity contribution >= 4 is 28.7 Å². The number of hydrogen-bond acceptors (Lipinski definition) is 8. The van der Waals surface area contributed by atoms with Gasteiger partial charge in [-0.3, -0.25) is 0 Å². The Morgan fingerprint density at radius 2 is 1.48 bits per heavy atom. The highest BCUT2D eigenvalue weighted by atomic mass is 16.5. The monoisotopic (exact) mass is 359 g/mol. The van der Waals surface area contributed by atoms with Crippen LogP contribution in [0, 0.1) is 0 Å². The summed E-state index contributed by atoms with van der Waals surface area (Å²) in [5.74, 6) is 1.17. The number of anilines is 3. The smallest absolute Gasteiger partial charge is 0.224 e. The topological polar surface area (TPSA) is 139 Å². The fraction of sp³-hybridized carbons (Fsp3) is 0.0526. The number of hydrogen-bond donors (Lipinski definition) is 3. The quantitative estimate of drug-likeness (QED) is 0.505. The molecule has 0 spiro atoms. The summed E-state index contributed by atoms with van der Waals surface area (Å²) in [4.78, 5) is 16.6. The summed E-state index contributed by atoms with van der Waals surface area (Å²) in [5.41, 5.74) is 20.5. The predicted molar refractivity (Wildman–Crippen MR) is 105 cm³/mol. The van der Waals surface area contributed by atoms with E-state index >= 15 is 0 Å². The van der Waals surface area contributed by atoms with Crippen molar-refractivity contribution in [3.63, 3.8) is 0 Å². The van der Waals surface area contributed by atoms with E-state index in [-0.39, 0.29) is 23.2 Å². The van der Waals surface area contributed by atoms with Crippen LogP contribution in [0.5, 0.6) is 5.75 Å². The van der Waals surface area contributed by atoms with Crippen molar-refractivity contribution in [1.82, 2.24) is 19.9 Å². The van der Waals surface area contributed by atoms with Crippen LogP contribution in [-0.4, -0.2) is 19.9 Å². The first kappa shape index (κ1) is 16.5. The number of rotatable bonds is 4. The van der Waals surface area contributed by atoms with Crippen molar-refractivity contribution < 1.29 is 4.74 Å². The molecule has 4 aromatic rings. The molecule has 4 rings (SSSR count). The van der Waals surface area contributed by atoms with E-state index < -0.39 is 0 Å². The third kappa shape index (κ3) is 3.40.